The molecule has 0 bridgehead atoms. The lowest BCUT2D eigenvalue weighted by Crippen LogP contribution is -2.26. The molecule has 0 amide bonds. The summed E-state index contributed by atoms with van der Waals surface area (Å²) in [6.45, 7) is -0.174. The van der Waals surface area contributed by atoms with E-state index >= 15 is 0 Å². The largest absolute Gasteiger partial charge is 0.480 e. The molecule has 17 heavy (non-hydrogen) atoms. The molecule has 2 rings (SSSR count). The molecular formula is C11H10ClN3O2. The van der Waals surface area contributed by atoms with E-state index in [9.17, 15) is 4.79 Å². The molecule has 0 saturated heterocycles. The van der Waals surface area contributed by atoms with Gasteiger partial charge in [0.2, 0.25) is 0 Å². The number of halogens is 1. The fourth-order valence-corrected chi connectivity index (χ4v) is 1.77. The number of para-hydroxylation sites is 2. The average Bonchev–Trinajstić information content (AvgIpc) is 2.27. The lowest BCUT2D eigenvalue weighted by atomic mass is 10.3. The molecule has 0 fully saturated rings. The molecule has 1 aromatic heterocycles. The zero-order chi connectivity index (χ0) is 12.4. The highest BCUT2D eigenvalue weighted by atomic mass is 35.5. The van der Waals surface area contributed by atoms with E-state index in [0.717, 1.165) is 0 Å². The number of hydrogen-bond donors (Lipinski definition) is 1. The Hall–Kier alpha value is -1.88. The number of carbonyl (C=O) groups is 1. The van der Waals surface area contributed by atoms with Gasteiger partial charge in [0.05, 0.1) is 11.0 Å². The van der Waals surface area contributed by atoms with Crippen LogP contribution in [-0.4, -0.2) is 34.6 Å². The summed E-state index contributed by atoms with van der Waals surface area (Å²) in [4.78, 5) is 20.5. The molecule has 0 saturated carbocycles. The predicted molar refractivity (Wildman–Crippen MR) is 65.5 cm³/mol. The number of carboxylic acid groups (broad SMARTS) is 1. The molecule has 5 nitrogen and oxygen atoms in total. The zero-order valence-corrected chi connectivity index (χ0v) is 9.85. The number of aliphatic carboxylic acids is 1. The second-order valence-corrected chi connectivity index (χ2v) is 3.93. The van der Waals surface area contributed by atoms with Crippen molar-refractivity contribution in [2.45, 2.75) is 0 Å². The van der Waals surface area contributed by atoms with Crippen LogP contribution >= 0.6 is 11.6 Å². The molecule has 1 aromatic carbocycles. The van der Waals surface area contributed by atoms with Gasteiger partial charge in [-0.05, 0) is 12.1 Å². The molecule has 6 heteroatoms. The van der Waals surface area contributed by atoms with Crippen LogP contribution in [0.2, 0.25) is 5.15 Å². The highest BCUT2D eigenvalue weighted by molar-refractivity contribution is 6.32. The summed E-state index contributed by atoms with van der Waals surface area (Å²) in [5.41, 5.74) is 1.37. The van der Waals surface area contributed by atoms with E-state index in [-0.39, 0.29) is 11.7 Å². The van der Waals surface area contributed by atoms with E-state index in [0.29, 0.717) is 16.9 Å². The van der Waals surface area contributed by atoms with Gasteiger partial charge < -0.3 is 10.0 Å². The number of benzene rings is 1. The number of nitrogens with zero attached hydrogens (tertiary/aromatic N) is 3. The lowest BCUT2D eigenvalue weighted by Gasteiger charge is -2.16. The summed E-state index contributed by atoms with van der Waals surface area (Å²) in [7, 11) is 1.61. The molecule has 0 aliphatic rings. The lowest BCUT2D eigenvalue weighted by molar-refractivity contribution is -0.135. The SMILES string of the molecule is CN(CC(=O)O)c1nc2ccccc2nc1Cl. The van der Waals surface area contributed by atoms with Crippen molar-refractivity contribution < 1.29 is 9.90 Å². The van der Waals surface area contributed by atoms with E-state index in [1.54, 1.807) is 19.2 Å². The Bertz CT molecular complexity index is 574. The van der Waals surface area contributed by atoms with Gasteiger partial charge in [-0.25, -0.2) is 9.97 Å². The fraction of sp³-hybridized carbons (Fsp3) is 0.182. The van der Waals surface area contributed by atoms with Gasteiger partial charge in [0, 0.05) is 7.05 Å². The van der Waals surface area contributed by atoms with Crippen molar-refractivity contribution in [3.63, 3.8) is 0 Å². The summed E-state index contributed by atoms with van der Waals surface area (Å²) >= 11 is 5.97. The number of fused-ring (bicyclic) bond motifs is 1. The maximum absolute atomic E-state index is 10.6. The Morgan fingerprint density at radius 3 is 2.53 bits per heavy atom. The second kappa shape index (κ2) is 4.55. The minimum absolute atomic E-state index is 0.174. The van der Waals surface area contributed by atoms with E-state index in [2.05, 4.69) is 9.97 Å². The van der Waals surface area contributed by atoms with Crippen LogP contribution in [0.4, 0.5) is 5.82 Å². The molecule has 0 spiro atoms. The first-order chi connectivity index (χ1) is 8.08. The van der Waals surface area contributed by atoms with Crippen molar-refractivity contribution in [3.05, 3.63) is 29.4 Å². The summed E-state index contributed by atoms with van der Waals surface area (Å²) in [5.74, 6) is -0.578. The van der Waals surface area contributed by atoms with Crippen LogP contribution in [0.1, 0.15) is 0 Å². The summed E-state index contributed by atoms with van der Waals surface area (Å²) in [6, 6.07) is 7.28. The first-order valence-electron chi connectivity index (χ1n) is 4.93. The monoisotopic (exact) mass is 251 g/mol. The third kappa shape index (κ3) is 2.45. The van der Waals surface area contributed by atoms with Crippen LogP contribution in [-0.2, 0) is 4.79 Å². The van der Waals surface area contributed by atoms with Gasteiger partial charge in [0.25, 0.3) is 0 Å². The van der Waals surface area contributed by atoms with E-state index < -0.39 is 5.97 Å². The highest BCUT2D eigenvalue weighted by Gasteiger charge is 2.13. The van der Waals surface area contributed by atoms with Crippen LogP contribution in [0.15, 0.2) is 24.3 Å². The second-order valence-electron chi connectivity index (χ2n) is 3.58. The molecule has 0 atom stereocenters. The van der Waals surface area contributed by atoms with Crippen molar-refractivity contribution in [1.82, 2.24) is 9.97 Å². The molecular weight excluding hydrogens is 242 g/mol. The molecule has 0 radical (unpaired) electrons. The molecule has 0 unspecified atom stereocenters. The molecule has 1 N–H and O–H groups in total. The Kier molecular flexibility index (Phi) is 3.10. The van der Waals surface area contributed by atoms with Crippen molar-refractivity contribution >= 4 is 34.4 Å². The Labute approximate surface area is 103 Å². The van der Waals surface area contributed by atoms with Gasteiger partial charge in [-0.2, -0.15) is 0 Å². The quantitative estimate of drug-likeness (QED) is 0.901. The zero-order valence-electron chi connectivity index (χ0n) is 9.09. The predicted octanol–water partition coefficient (Wildman–Crippen LogP) is 1.80. The average molecular weight is 252 g/mol. The van der Waals surface area contributed by atoms with Gasteiger partial charge in [0.1, 0.15) is 6.54 Å². The number of anilines is 1. The number of aromatic nitrogens is 2. The van der Waals surface area contributed by atoms with Gasteiger partial charge in [-0.3, -0.25) is 4.79 Å². The first kappa shape index (κ1) is 11.6. The Morgan fingerprint density at radius 2 is 1.94 bits per heavy atom. The smallest absolute Gasteiger partial charge is 0.323 e. The first-order valence-corrected chi connectivity index (χ1v) is 5.31. The van der Waals surface area contributed by atoms with Crippen LogP contribution in [0.25, 0.3) is 11.0 Å². The number of hydrogen-bond acceptors (Lipinski definition) is 4. The van der Waals surface area contributed by atoms with E-state index in [1.165, 1.54) is 4.90 Å². The third-order valence-electron chi connectivity index (χ3n) is 2.25. The van der Waals surface area contributed by atoms with Crippen molar-refractivity contribution in [2.24, 2.45) is 0 Å². The van der Waals surface area contributed by atoms with Gasteiger partial charge in [0.15, 0.2) is 11.0 Å². The van der Waals surface area contributed by atoms with Gasteiger partial charge in [-0.1, -0.05) is 23.7 Å². The fourth-order valence-electron chi connectivity index (χ4n) is 1.49. The summed E-state index contributed by atoms with van der Waals surface area (Å²) < 4.78 is 0. The topological polar surface area (TPSA) is 66.3 Å². The summed E-state index contributed by atoms with van der Waals surface area (Å²) in [6.07, 6.45) is 0. The number of carboxylic acids is 1. The normalized spacial score (nSPS) is 10.5. The standard InChI is InChI=1S/C11H10ClN3O2/c1-15(6-9(16)17)11-10(12)13-7-4-2-3-5-8(7)14-11/h2-5H,6H2,1H3,(H,16,17). The van der Waals surface area contributed by atoms with Crippen LogP contribution in [0, 0.1) is 0 Å². The molecule has 0 aliphatic heterocycles. The minimum atomic E-state index is -0.946. The number of likely N-dealkylation sites (N-methyl/N-ethyl adjacent to an activating group) is 1. The maximum atomic E-state index is 10.6. The van der Waals surface area contributed by atoms with Crippen molar-refractivity contribution in [1.29, 1.82) is 0 Å². The minimum Gasteiger partial charge on any atom is -0.480 e. The summed E-state index contributed by atoms with van der Waals surface area (Å²) in [5, 5.41) is 8.92. The molecule has 88 valence electrons. The van der Waals surface area contributed by atoms with Gasteiger partial charge in [-0.15, -0.1) is 0 Å². The van der Waals surface area contributed by atoms with Gasteiger partial charge >= 0.3 is 5.97 Å². The Morgan fingerprint density at radius 1 is 1.35 bits per heavy atom. The molecule has 2 aromatic rings. The molecule has 0 aliphatic carbocycles. The van der Waals surface area contributed by atoms with E-state index in [1.807, 2.05) is 12.1 Å². The maximum Gasteiger partial charge on any atom is 0.323 e. The van der Waals surface area contributed by atoms with Crippen LogP contribution < -0.4 is 4.90 Å². The van der Waals surface area contributed by atoms with Crippen molar-refractivity contribution in [3.8, 4) is 0 Å². The van der Waals surface area contributed by atoms with Crippen molar-refractivity contribution in [2.75, 3.05) is 18.5 Å². The van der Waals surface area contributed by atoms with Crippen LogP contribution in [0.5, 0.6) is 0 Å². The Balaban J connectivity index is 2.46. The highest BCUT2D eigenvalue weighted by Crippen LogP contribution is 2.23. The number of rotatable bonds is 3. The molecule has 1 heterocycles. The third-order valence-corrected chi connectivity index (χ3v) is 2.50. The van der Waals surface area contributed by atoms with E-state index in [4.69, 9.17) is 16.7 Å². The van der Waals surface area contributed by atoms with Crippen LogP contribution in [0.3, 0.4) is 0 Å².